The second kappa shape index (κ2) is 10.8. The van der Waals surface area contributed by atoms with Gasteiger partial charge in [0.25, 0.3) is 0 Å². The number of nitrogens with one attached hydrogen (secondary N) is 2. The molecule has 0 aliphatic heterocycles. The van der Waals surface area contributed by atoms with Crippen molar-refractivity contribution in [2.45, 2.75) is 38.5 Å². The molecule has 0 bridgehead atoms. The number of methoxy groups -OCH3 is 2. The first-order valence-electron chi connectivity index (χ1n) is 6.21. The summed E-state index contributed by atoms with van der Waals surface area (Å²) in [4.78, 5) is 44.2. The second-order valence-electron chi connectivity index (χ2n) is 3.96. The monoisotopic (exact) mass is 288 g/mol. The normalized spacial score (nSPS) is 9.50. The Morgan fingerprint density at radius 3 is 1.35 bits per heavy atom. The largest absolute Gasteiger partial charge is 0.469 e. The van der Waals surface area contributed by atoms with Crippen LogP contribution in [0.1, 0.15) is 38.5 Å². The van der Waals surface area contributed by atoms with Crippen LogP contribution in [0, 0.1) is 0 Å². The average molecular weight is 288 g/mol. The summed E-state index contributed by atoms with van der Waals surface area (Å²) >= 11 is 0. The van der Waals surface area contributed by atoms with Crippen molar-refractivity contribution in [3.05, 3.63) is 0 Å². The molecule has 0 aliphatic carbocycles. The van der Waals surface area contributed by atoms with Gasteiger partial charge in [0.15, 0.2) is 0 Å². The molecule has 0 aromatic rings. The Bertz CT molecular complexity index is 322. The molecule has 0 heterocycles. The molecule has 0 radical (unpaired) electrons. The molecule has 8 nitrogen and oxygen atoms in total. The second-order valence-corrected chi connectivity index (χ2v) is 3.96. The topological polar surface area (TPSA) is 111 Å². The molecular formula is C12H20N2O6. The van der Waals surface area contributed by atoms with Crippen molar-refractivity contribution >= 4 is 23.8 Å². The minimum Gasteiger partial charge on any atom is -0.469 e. The molecule has 0 aliphatic rings. The van der Waals surface area contributed by atoms with E-state index in [0.29, 0.717) is 12.8 Å². The van der Waals surface area contributed by atoms with E-state index in [1.807, 2.05) is 0 Å². The van der Waals surface area contributed by atoms with E-state index < -0.39 is 11.8 Å². The van der Waals surface area contributed by atoms with Crippen LogP contribution in [0.15, 0.2) is 0 Å². The first kappa shape index (κ1) is 17.9. The molecule has 2 amide bonds. The lowest BCUT2D eigenvalue weighted by atomic mass is 10.2. The lowest BCUT2D eigenvalue weighted by Gasteiger charge is -2.06. The summed E-state index contributed by atoms with van der Waals surface area (Å²) in [6.45, 7) is 0. The van der Waals surface area contributed by atoms with Gasteiger partial charge in [-0.2, -0.15) is 0 Å². The van der Waals surface area contributed by atoms with E-state index in [0.717, 1.165) is 0 Å². The maximum absolute atomic E-state index is 11.3. The number of amides is 2. The highest BCUT2D eigenvalue weighted by Gasteiger charge is 2.07. The van der Waals surface area contributed by atoms with E-state index in [2.05, 4.69) is 20.3 Å². The highest BCUT2D eigenvalue weighted by Crippen LogP contribution is 1.98. The molecule has 0 aromatic heterocycles. The first-order chi connectivity index (χ1) is 9.49. The summed E-state index contributed by atoms with van der Waals surface area (Å²) in [6.07, 6.45) is 1.20. The Morgan fingerprint density at radius 1 is 0.700 bits per heavy atom. The fourth-order valence-corrected chi connectivity index (χ4v) is 1.26. The molecule has 0 fully saturated rings. The van der Waals surface area contributed by atoms with Crippen molar-refractivity contribution in [2.75, 3.05) is 14.2 Å². The van der Waals surface area contributed by atoms with Gasteiger partial charge in [-0.05, 0) is 12.8 Å². The molecular weight excluding hydrogens is 268 g/mol. The summed E-state index contributed by atoms with van der Waals surface area (Å²) in [7, 11) is 2.55. The van der Waals surface area contributed by atoms with Crippen LogP contribution in [0.25, 0.3) is 0 Å². The summed E-state index contributed by atoms with van der Waals surface area (Å²) in [5.41, 5.74) is 4.44. The number of hydrogen-bond donors (Lipinski definition) is 2. The van der Waals surface area contributed by atoms with Crippen molar-refractivity contribution in [3.63, 3.8) is 0 Å². The van der Waals surface area contributed by atoms with Crippen molar-refractivity contribution in [1.29, 1.82) is 0 Å². The zero-order valence-electron chi connectivity index (χ0n) is 11.7. The number of hydrazine groups is 1. The predicted molar refractivity (Wildman–Crippen MR) is 68.0 cm³/mol. The van der Waals surface area contributed by atoms with Gasteiger partial charge in [0, 0.05) is 25.7 Å². The maximum Gasteiger partial charge on any atom is 0.305 e. The van der Waals surface area contributed by atoms with Crippen LogP contribution in [0.2, 0.25) is 0 Å². The zero-order valence-corrected chi connectivity index (χ0v) is 11.7. The fraction of sp³-hybridized carbons (Fsp3) is 0.667. The van der Waals surface area contributed by atoms with Gasteiger partial charge in [-0.3, -0.25) is 30.0 Å². The van der Waals surface area contributed by atoms with Gasteiger partial charge in [0.2, 0.25) is 11.8 Å². The molecule has 0 aromatic carbocycles. The van der Waals surface area contributed by atoms with Crippen LogP contribution in [0.5, 0.6) is 0 Å². The van der Waals surface area contributed by atoms with E-state index in [1.165, 1.54) is 14.2 Å². The van der Waals surface area contributed by atoms with Crippen molar-refractivity contribution in [1.82, 2.24) is 10.9 Å². The lowest BCUT2D eigenvalue weighted by Crippen LogP contribution is -2.41. The summed E-state index contributed by atoms with van der Waals surface area (Å²) in [5.74, 6) is -1.56. The van der Waals surface area contributed by atoms with Gasteiger partial charge in [-0.25, -0.2) is 0 Å². The summed E-state index contributed by atoms with van der Waals surface area (Å²) in [5, 5.41) is 0. The number of hydrogen-bond acceptors (Lipinski definition) is 6. The number of esters is 2. The molecule has 0 saturated heterocycles. The number of carbonyl (C=O) groups is 4. The van der Waals surface area contributed by atoms with E-state index in [9.17, 15) is 19.2 Å². The third-order valence-electron chi connectivity index (χ3n) is 2.37. The van der Waals surface area contributed by atoms with E-state index >= 15 is 0 Å². The fourth-order valence-electron chi connectivity index (χ4n) is 1.26. The van der Waals surface area contributed by atoms with Gasteiger partial charge in [-0.1, -0.05) is 0 Å². The van der Waals surface area contributed by atoms with E-state index in [-0.39, 0.29) is 37.6 Å². The average Bonchev–Trinajstić information content (AvgIpc) is 2.44. The first-order valence-corrected chi connectivity index (χ1v) is 6.21. The quantitative estimate of drug-likeness (QED) is 0.473. The third-order valence-corrected chi connectivity index (χ3v) is 2.37. The molecule has 0 unspecified atom stereocenters. The predicted octanol–water partition coefficient (Wildman–Crippen LogP) is -0.180. The summed E-state index contributed by atoms with van der Waals surface area (Å²) in [6, 6.07) is 0. The SMILES string of the molecule is COC(=O)CCCC(=O)NNC(=O)CCCC(=O)OC. The van der Waals surface area contributed by atoms with Crippen molar-refractivity contribution in [2.24, 2.45) is 0 Å². The van der Waals surface area contributed by atoms with Gasteiger partial charge < -0.3 is 9.47 Å². The third kappa shape index (κ3) is 9.86. The highest BCUT2D eigenvalue weighted by molar-refractivity contribution is 5.82. The Labute approximate surface area is 117 Å². The molecule has 2 N–H and O–H groups in total. The highest BCUT2D eigenvalue weighted by atomic mass is 16.5. The van der Waals surface area contributed by atoms with E-state index in [1.54, 1.807) is 0 Å². The Morgan fingerprint density at radius 2 is 1.05 bits per heavy atom. The minimum absolute atomic E-state index is 0.109. The summed E-state index contributed by atoms with van der Waals surface area (Å²) < 4.78 is 8.85. The van der Waals surface area contributed by atoms with Crippen LogP contribution in [-0.2, 0) is 28.7 Å². The molecule has 20 heavy (non-hydrogen) atoms. The van der Waals surface area contributed by atoms with Crippen LogP contribution in [0.4, 0.5) is 0 Å². The Balaban J connectivity index is 3.60. The van der Waals surface area contributed by atoms with Gasteiger partial charge in [0.1, 0.15) is 0 Å². The zero-order chi connectivity index (χ0) is 15.4. The Hall–Kier alpha value is -2.12. The molecule has 0 atom stereocenters. The molecule has 0 rings (SSSR count). The van der Waals surface area contributed by atoms with Crippen LogP contribution < -0.4 is 10.9 Å². The van der Waals surface area contributed by atoms with Crippen LogP contribution in [0.3, 0.4) is 0 Å². The molecule has 0 saturated carbocycles. The number of rotatable bonds is 8. The molecule has 8 heteroatoms. The minimum atomic E-state index is -0.393. The van der Waals surface area contributed by atoms with Crippen LogP contribution >= 0.6 is 0 Å². The smallest absolute Gasteiger partial charge is 0.305 e. The standard InChI is InChI=1S/C12H20N2O6/c1-19-11(17)7-3-5-9(15)13-14-10(16)6-4-8-12(18)20-2/h3-8H2,1-2H3,(H,13,15)(H,14,16). The number of ether oxygens (including phenoxy) is 2. The lowest BCUT2D eigenvalue weighted by molar-refractivity contribution is -0.142. The van der Waals surface area contributed by atoms with Crippen molar-refractivity contribution < 1.29 is 28.7 Å². The van der Waals surface area contributed by atoms with Crippen LogP contribution in [-0.4, -0.2) is 38.0 Å². The Kier molecular flexibility index (Phi) is 9.63. The van der Waals surface area contributed by atoms with Gasteiger partial charge >= 0.3 is 11.9 Å². The van der Waals surface area contributed by atoms with Gasteiger partial charge in [-0.15, -0.1) is 0 Å². The van der Waals surface area contributed by atoms with Gasteiger partial charge in [0.05, 0.1) is 14.2 Å². The molecule has 114 valence electrons. The maximum atomic E-state index is 11.3. The molecule has 0 spiro atoms. The van der Waals surface area contributed by atoms with E-state index in [4.69, 9.17) is 0 Å². The van der Waals surface area contributed by atoms with Crippen molar-refractivity contribution in [3.8, 4) is 0 Å². The number of carbonyl (C=O) groups excluding carboxylic acids is 4.